The summed E-state index contributed by atoms with van der Waals surface area (Å²) in [4.78, 5) is 24.1. The highest BCUT2D eigenvalue weighted by Gasteiger charge is 2.15. The second-order valence-electron chi connectivity index (χ2n) is 7.72. The first-order valence-electron chi connectivity index (χ1n) is 10.6. The topological polar surface area (TPSA) is 109 Å². The van der Waals surface area contributed by atoms with Crippen LogP contribution in [-0.2, 0) is 6.54 Å². The molecule has 170 valence electrons. The molecule has 8 heteroatoms. The van der Waals surface area contributed by atoms with E-state index in [0.717, 1.165) is 27.4 Å². The normalized spacial score (nSPS) is 11.0. The summed E-state index contributed by atoms with van der Waals surface area (Å²) >= 11 is 0. The van der Waals surface area contributed by atoms with Crippen LogP contribution in [0.1, 0.15) is 15.9 Å². The number of aromatic carboxylic acids is 1. The molecule has 2 aromatic heterocycles. The molecular formula is C26H22N4O4. The number of H-pyrrole nitrogens is 1. The van der Waals surface area contributed by atoms with Crippen LogP contribution < -0.4 is 14.8 Å². The third-order valence-corrected chi connectivity index (χ3v) is 5.66. The number of hydrogen-bond acceptors (Lipinski definition) is 6. The highest BCUT2D eigenvalue weighted by Crippen LogP contribution is 2.33. The predicted molar refractivity (Wildman–Crippen MR) is 131 cm³/mol. The van der Waals surface area contributed by atoms with Gasteiger partial charge in [-0.25, -0.2) is 14.8 Å². The molecule has 3 aromatic carbocycles. The van der Waals surface area contributed by atoms with Crippen LogP contribution in [0.5, 0.6) is 11.5 Å². The van der Waals surface area contributed by atoms with Crippen molar-refractivity contribution in [2.45, 2.75) is 6.54 Å². The van der Waals surface area contributed by atoms with Gasteiger partial charge in [-0.2, -0.15) is 0 Å². The Morgan fingerprint density at radius 3 is 2.47 bits per heavy atom. The second kappa shape index (κ2) is 8.74. The lowest BCUT2D eigenvalue weighted by atomic mass is 10.1. The van der Waals surface area contributed by atoms with Crippen molar-refractivity contribution in [3.8, 4) is 22.9 Å². The van der Waals surface area contributed by atoms with E-state index in [-0.39, 0.29) is 5.56 Å². The highest BCUT2D eigenvalue weighted by atomic mass is 16.5. The highest BCUT2D eigenvalue weighted by molar-refractivity contribution is 6.11. The number of rotatable bonds is 7. The molecule has 8 nitrogen and oxygen atoms in total. The maximum Gasteiger partial charge on any atom is 0.335 e. The van der Waals surface area contributed by atoms with Gasteiger partial charge in [-0.1, -0.05) is 36.4 Å². The lowest BCUT2D eigenvalue weighted by Crippen LogP contribution is -2.05. The molecule has 0 saturated heterocycles. The summed E-state index contributed by atoms with van der Waals surface area (Å²) in [6.45, 7) is 0.503. The SMILES string of the molecule is COc1ccc(CNc2nc(-c3ccc(C(=O)O)cc3)nc3[nH]c4ccccc4c23)cc1OC. The van der Waals surface area contributed by atoms with Gasteiger partial charge in [0.25, 0.3) is 0 Å². The van der Waals surface area contributed by atoms with E-state index in [0.29, 0.717) is 35.3 Å². The first kappa shape index (κ1) is 21.3. The predicted octanol–water partition coefficient (Wildman–Crippen LogP) is 5.11. The number of ether oxygens (including phenoxy) is 2. The summed E-state index contributed by atoms with van der Waals surface area (Å²) < 4.78 is 10.8. The van der Waals surface area contributed by atoms with Gasteiger partial charge in [-0.05, 0) is 35.9 Å². The molecule has 0 unspecified atom stereocenters. The van der Waals surface area contributed by atoms with Gasteiger partial charge in [0.05, 0.1) is 25.2 Å². The van der Waals surface area contributed by atoms with Crippen molar-refractivity contribution in [2.24, 2.45) is 0 Å². The molecule has 5 rings (SSSR count). The van der Waals surface area contributed by atoms with Crippen molar-refractivity contribution in [1.29, 1.82) is 0 Å². The molecule has 0 fully saturated rings. The third-order valence-electron chi connectivity index (χ3n) is 5.66. The van der Waals surface area contributed by atoms with E-state index in [1.54, 1.807) is 38.5 Å². The molecule has 5 aromatic rings. The van der Waals surface area contributed by atoms with Crippen LogP contribution in [-0.4, -0.2) is 40.2 Å². The minimum atomic E-state index is -0.976. The summed E-state index contributed by atoms with van der Waals surface area (Å²) in [7, 11) is 3.21. The molecule has 0 spiro atoms. The van der Waals surface area contributed by atoms with Gasteiger partial charge in [0.1, 0.15) is 11.5 Å². The molecule has 0 radical (unpaired) electrons. The van der Waals surface area contributed by atoms with Gasteiger partial charge in [-0.15, -0.1) is 0 Å². The van der Waals surface area contributed by atoms with Gasteiger partial charge in [-0.3, -0.25) is 0 Å². The molecule has 0 bridgehead atoms. The van der Waals surface area contributed by atoms with Gasteiger partial charge in [0, 0.05) is 23.0 Å². The van der Waals surface area contributed by atoms with Gasteiger partial charge in [0.2, 0.25) is 0 Å². The number of methoxy groups -OCH3 is 2. The van der Waals surface area contributed by atoms with Crippen LogP contribution in [0.2, 0.25) is 0 Å². The van der Waals surface area contributed by atoms with Crippen LogP contribution in [0.15, 0.2) is 66.7 Å². The van der Waals surface area contributed by atoms with E-state index >= 15 is 0 Å². The molecule has 2 heterocycles. The number of fused-ring (bicyclic) bond motifs is 3. The average Bonchev–Trinajstić information content (AvgIpc) is 3.25. The maximum atomic E-state index is 11.2. The fourth-order valence-corrected chi connectivity index (χ4v) is 3.94. The zero-order chi connectivity index (χ0) is 23.7. The largest absolute Gasteiger partial charge is 0.493 e. The molecule has 0 aliphatic carbocycles. The van der Waals surface area contributed by atoms with E-state index in [1.165, 1.54) is 0 Å². The molecule has 34 heavy (non-hydrogen) atoms. The van der Waals surface area contributed by atoms with E-state index in [2.05, 4.69) is 10.3 Å². The van der Waals surface area contributed by atoms with Gasteiger partial charge < -0.3 is 24.9 Å². The summed E-state index contributed by atoms with van der Waals surface area (Å²) in [5.74, 6) is 1.51. The van der Waals surface area contributed by atoms with Crippen molar-refractivity contribution in [1.82, 2.24) is 15.0 Å². The molecule has 0 amide bonds. The number of carboxylic acids is 1. The number of nitrogens with one attached hydrogen (secondary N) is 2. The van der Waals surface area contributed by atoms with E-state index in [1.807, 2.05) is 42.5 Å². The smallest absolute Gasteiger partial charge is 0.335 e. The van der Waals surface area contributed by atoms with E-state index < -0.39 is 5.97 Å². The Labute approximate surface area is 195 Å². The number of aromatic amines is 1. The first-order valence-corrected chi connectivity index (χ1v) is 10.6. The minimum absolute atomic E-state index is 0.210. The lowest BCUT2D eigenvalue weighted by Gasteiger charge is -2.12. The quantitative estimate of drug-likeness (QED) is 0.314. The van der Waals surface area contributed by atoms with Gasteiger partial charge in [0.15, 0.2) is 17.3 Å². The average molecular weight is 454 g/mol. The zero-order valence-electron chi connectivity index (χ0n) is 18.6. The van der Waals surface area contributed by atoms with Crippen molar-refractivity contribution < 1.29 is 19.4 Å². The number of aromatic nitrogens is 3. The molecule has 0 saturated carbocycles. The van der Waals surface area contributed by atoms with Crippen LogP contribution >= 0.6 is 0 Å². The van der Waals surface area contributed by atoms with Gasteiger partial charge >= 0.3 is 5.97 Å². The van der Waals surface area contributed by atoms with Crippen molar-refractivity contribution in [2.75, 3.05) is 19.5 Å². The van der Waals surface area contributed by atoms with Crippen molar-refractivity contribution >= 4 is 33.7 Å². The number of para-hydroxylation sites is 1. The number of nitrogens with zero attached hydrogens (tertiary/aromatic N) is 2. The third kappa shape index (κ3) is 3.86. The monoisotopic (exact) mass is 454 g/mol. The van der Waals surface area contributed by atoms with Crippen LogP contribution in [0.25, 0.3) is 33.3 Å². The molecule has 3 N–H and O–H groups in total. The number of benzene rings is 3. The van der Waals surface area contributed by atoms with Crippen LogP contribution in [0, 0.1) is 0 Å². The second-order valence-corrected chi connectivity index (χ2v) is 7.72. The Bertz CT molecular complexity index is 1510. The lowest BCUT2D eigenvalue weighted by molar-refractivity contribution is 0.0697. The van der Waals surface area contributed by atoms with E-state index in [4.69, 9.17) is 19.4 Å². The number of anilines is 1. The van der Waals surface area contributed by atoms with Crippen LogP contribution in [0.4, 0.5) is 5.82 Å². The summed E-state index contributed by atoms with van der Waals surface area (Å²) in [5.41, 5.74) is 3.58. The minimum Gasteiger partial charge on any atom is -0.493 e. The number of hydrogen-bond donors (Lipinski definition) is 3. The summed E-state index contributed by atoms with van der Waals surface area (Å²) in [6, 6.07) is 20.2. The number of carboxylic acid groups (broad SMARTS) is 1. The first-order chi connectivity index (χ1) is 16.6. The Morgan fingerprint density at radius 2 is 1.74 bits per heavy atom. The Morgan fingerprint density at radius 1 is 0.971 bits per heavy atom. The standard InChI is InChI=1S/C26H22N4O4/c1-33-20-12-7-15(13-21(20)34-2)14-27-24-22-18-5-3-4-6-19(18)28-25(22)30-23(29-24)16-8-10-17(11-9-16)26(31)32/h3-13H,14H2,1-2H3,(H,31,32)(H2,27,28,29,30). The molecule has 0 aliphatic rings. The number of carbonyl (C=O) groups is 1. The fourth-order valence-electron chi connectivity index (χ4n) is 3.94. The fraction of sp³-hybridized carbons (Fsp3) is 0.115. The van der Waals surface area contributed by atoms with E-state index in [9.17, 15) is 9.90 Å². The Hall–Kier alpha value is -4.59. The van der Waals surface area contributed by atoms with Crippen molar-refractivity contribution in [3.05, 3.63) is 77.9 Å². The molecule has 0 aliphatic heterocycles. The van der Waals surface area contributed by atoms with Crippen LogP contribution in [0.3, 0.4) is 0 Å². The summed E-state index contributed by atoms with van der Waals surface area (Å²) in [5, 5.41) is 14.6. The molecular weight excluding hydrogens is 432 g/mol. The zero-order valence-corrected chi connectivity index (χ0v) is 18.6. The maximum absolute atomic E-state index is 11.2. The van der Waals surface area contributed by atoms with Crippen molar-refractivity contribution in [3.63, 3.8) is 0 Å². The molecule has 0 atom stereocenters. The summed E-state index contributed by atoms with van der Waals surface area (Å²) in [6.07, 6.45) is 0. The Balaban J connectivity index is 1.58. The Kier molecular flexibility index (Phi) is 5.47.